The molecule has 1 nitrogen and oxygen atoms in total. The fourth-order valence-corrected chi connectivity index (χ4v) is 1.56. The van der Waals surface area contributed by atoms with Gasteiger partial charge in [0.25, 0.3) is 0 Å². The SMILES string of the molecule is N#Cc1cccc(-c2ccc(Cl)c(F)c2)c1. The Morgan fingerprint density at radius 1 is 1.06 bits per heavy atom. The molecule has 0 saturated carbocycles. The summed E-state index contributed by atoms with van der Waals surface area (Å²) in [6.45, 7) is 0. The number of rotatable bonds is 1. The van der Waals surface area contributed by atoms with Crippen molar-refractivity contribution in [2.24, 2.45) is 0 Å². The van der Waals surface area contributed by atoms with Gasteiger partial charge in [0.2, 0.25) is 0 Å². The molecule has 0 fully saturated rings. The molecule has 0 N–H and O–H groups in total. The predicted molar refractivity (Wildman–Crippen MR) is 61.6 cm³/mol. The molecule has 16 heavy (non-hydrogen) atoms. The highest BCUT2D eigenvalue weighted by Crippen LogP contribution is 2.24. The van der Waals surface area contributed by atoms with E-state index >= 15 is 0 Å². The van der Waals surface area contributed by atoms with Crippen molar-refractivity contribution in [1.82, 2.24) is 0 Å². The largest absolute Gasteiger partial charge is 0.205 e. The first kappa shape index (κ1) is 10.7. The molecule has 0 bridgehead atoms. The molecule has 3 heteroatoms. The standard InChI is InChI=1S/C13H7ClFN/c14-12-5-4-11(7-13(12)15)10-3-1-2-9(6-10)8-16/h1-7H. The zero-order chi connectivity index (χ0) is 11.5. The van der Waals surface area contributed by atoms with Gasteiger partial charge in [-0.15, -0.1) is 0 Å². The van der Waals surface area contributed by atoms with E-state index in [2.05, 4.69) is 0 Å². The van der Waals surface area contributed by atoms with Crippen LogP contribution in [0.4, 0.5) is 4.39 Å². The van der Waals surface area contributed by atoms with Crippen LogP contribution in [0.15, 0.2) is 42.5 Å². The van der Waals surface area contributed by atoms with Gasteiger partial charge in [-0.25, -0.2) is 4.39 Å². The van der Waals surface area contributed by atoms with Crippen molar-refractivity contribution in [2.75, 3.05) is 0 Å². The second-order valence-corrected chi connectivity index (χ2v) is 3.73. The van der Waals surface area contributed by atoms with E-state index in [1.807, 2.05) is 12.1 Å². The quantitative estimate of drug-likeness (QED) is 0.727. The first-order valence-corrected chi connectivity index (χ1v) is 5.04. The fourth-order valence-electron chi connectivity index (χ4n) is 1.44. The maximum absolute atomic E-state index is 13.3. The lowest BCUT2D eigenvalue weighted by molar-refractivity contribution is 0.629. The van der Waals surface area contributed by atoms with Gasteiger partial charge in [0, 0.05) is 0 Å². The monoisotopic (exact) mass is 231 g/mol. The van der Waals surface area contributed by atoms with Gasteiger partial charge in [-0.2, -0.15) is 5.26 Å². The second-order valence-electron chi connectivity index (χ2n) is 3.32. The minimum Gasteiger partial charge on any atom is -0.205 e. The predicted octanol–water partition coefficient (Wildman–Crippen LogP) is 4.02. The normalized spacial score (nSPS) is 9.81. The maximum atomic E-state index is 13.3. The van der Waals surface area contributed by atoms with Gasteiger partial charge in [-0.05, 0) is 35.4 Å². The van der Waals surface area contributed by atoms with E-state index in [4.69, 9.17) is 16.9 Å². The Hall–Kier alpha value is -1.85. The zero-order valence-corrected chi connectivity index (χ0v) is 9.00. The molecule has 0 aromatic heterocycles. The summed E-state index contributed by atoms with van der Waals surface area (Å²) in [5.74, 6) is -0.457. The van der Waals surface area contributed by atoms with Crippen molar-refractivity contribution < 1.29 is 4.39 Å². The van der Waals surface area contributed by atoms with Crippen LogP contribution in [0, 0.1) is 17.1 Å². The van der Waals surface area contributed by atoms with Crippen LogP contribution in [0.3, 0.4) is 0 Å². The molecule has 2 rings (SSSR count). The molecule has 0 aliphatic heterocycles. The van der Waals surface area contributed by atoms with Crippen LogP contribution in [-0.2, 0) is 0 Å². The summed E-state index contributed by atoms with van der Waals surface area (Å²) in [6.07, 6.45) is 0. The average molecular weight is 232 g/mol. The van der Waals surface area contributed by atoms with E-state index in [1.54, 1.807) is 24.3 Å². The third kappa shape index (κ3) is 2.05. The molecule has 0 aliphatic rings. The lowest BCUT2D eigenvalue weighted by Crippen LogP contribution is -1.83. The summed E-state index contributed by atoms with van der Waals surface area (Å²) < 4.78 is 13.3. The molecule has 78 valence electrons. The van der Waals surface area contributed by atoms with Gasteiger partial charge < -0.3 is 0 Å². The third-order valence-corrected chi connectivity index (χ3v) is 2.55. The maximum Gasteiger partial charge on any atom is 0.142 e. The zero-order valence-electron chi connectivity index (χ0n) is 8.24. The topological polar surface area (TPSA) is 23.8 Å². The lowest BCUT2D eigenvalue weighted by atomic mass is 10.0. The fraction of sp³-hybridized carbons (Fsp3) is 0. The number of halogens is 2. The van der Waals surface area contributed by atoms with Crippen molar-refractivity contribution >= 4 is 11.6 Å². The molecule has 0 radical (unpaired) electrons. The minimum absolute atomic E-state index is 0.0974. The molecule has 0 atom stereocenters. The van der Waals surface area contributed by atoms with Crippen LogP contribution < -0.4 is 0 Å². The summed E-state index contributed by atoms with van der Waals surface area (Å²) in [7, 11) is 0. The van der Waals surface area contributed by atoms with Crippen LogP contribution in [-0.4, -0.2) is 0 Å². The van der Waals surface area contributed by atoms with Crippen LogP contribution in [0.25, 0.3) is 11.1 Å². The van der Waals surface area contributed by atoms with Gasteiger partial charge in [0.1, 0.15) is 5.82 Å². The molecule has 0 saturated heterocycles. The van der Waals surface area contributed by atoms with Gasteiger partial charge >= 0.3 is 0 Å². The molecular formula is C13H7ClFN. The third-order valence-electron chi connectivity index (χ3n) is 2.24. The molecule has 0 spiro atoms. The number of nitriles is 1. The van der Waals surface area contributed by atoms with Crippen molar-refractivity contribution in [3.8, 4) is 17.2 Å². The summed E-state index contributed by atoms with van der Waals surface area (Å²) >= 11 is 5.60. The lowest BCUT2D eigenvalue weighted by Gasteiger charge is -2.03. The van der Waals surface area contributed by atoms with Crippen molar-refractivity contribution in [1.29, 1.82) is 5.26 Å². The van der Waals surface area contributed by atoms with E-state index in [1.165, 1.54) is 12.1 Å². The van der Waals surface area contributed by atoms with Gasteiger partial charge in [0.15, 0.2) is 0 Å². The van der Waals surface area contributed by atoms with E-state index in [0.29, 0.717) is 11.1 Å². The van der Waals surface area contributed by atoms with Gasteiger partial charge in [0.05, 0.1) is 16.7 Å². The Balaban J connectivity index is 2.51. The molecular weight excluding hydrogens is 225 g/mol. The van der Waals surface area contributed by atoms with Crippen molar-refractivity contribution in [3.63, 3.8) is 0 Å². The average Bonchev–Trinajstić information content (AvgIpc) is 2.33. The smallest absolute Gasteiger partial charge is 0.142 e. The van der Waals surface area contributed by atoms with Crippen LogP contribution in [0.2, 0.25) is 5.02 Å². The van der Waals surface area contributed by atoms with Crippen molar-refractivity contribution in [2.45, 2.75) is 0 Å². The summed E-state index contributed by atoms with van der Waals surface area (Å²) in [6, 6.07) is 13.6. The Morgan fingerprint density at radius 3 is 2.50 bits per heavy atom. The van der Waals surface area contributed by atoms with E-state index < -0.39 is 5.82 Å². The first-order valence-electron chi connectivity index (χ1n) is 4.66. The molecule has 0 heterocycles. The Morgan fingerprint density at radius 2 is 1.81 bits per heavy atom. The number of benzene rings is 2. The highest BCUT2D eigenvalue weighted by Gasteiger charge is 2.03. The number of hydrogen-bond donors (Lipinski definition) is 0. The summed E-state index contributed by atoms with van der Waals surface area (Å²) in [5, 5.41) is 8.86. The second kappa shape index (κ2) is 4.34. The molecule has 0 unspecified atom stereocenters. The number of nitrogens with zero attached hydrogens (tertiary/aromatic N) is 1. The highest BCUT2D eigenvalue weighted by atomic mass is 35.5. The Labute approximate surface area is 97.7 Å². The van der Waals surface area contributed by atoms with Crippen molar-refractivity contribution in [3.05, 3.63) is 58.9 Å². The van der Waals surface area contributed by atoms with E-state index in [9.17, 15) is 4.39 Å². The Kier molecular flexibility index (Phi) is 2.89. The first-order chi connectivity index (χ1) is 7.70. The number of hydrogen-bond acceptors (Lipinski definition) is 1. The molecule has 0 aliphatic carbocycles. The van der Waals surface area contributed by atoms with Gasteiger partial charge in [-0.3, -0.25) is 0 Å². The molecule has 0 amide bonds. The van der Waals surface area contributed by atoms with Crippen LogP contribution >= 0.6 is 11.6 Å². The minimum atomic E-state index is -0.457. The van der Waals surface area contributed by atoms with E-state index in [0.717, 1.165) is 5.56 Å². The van der Waals surface area contributed by atoms with Crippen LogP contribution in [0.1, 0.15) is 5.56 Å². The Bertz CT molecular complexity index is 572. The summed E-state index contributed by atoms with van der Waals surface area (Å²) in [5.41, 5.74) is 2.06. The molecule has 2 aromatic carbocycles. The summed E-state index contributed by atoms with van der Waals surface area (Å²) in [4.78, 5) is 0. The molecule has 2 aromatic rings. The van der Waals surface area contributed by atoms with E-state index in [-0.39, 0.29) is 5.02 Å². The van der Waals surface area contributed by atoms with Gasteiger partial charge in [-0.1, -0.05) is 29.8 Å². The highest BCUT2D eigenvalue weighted by molar-refractivity contribution is 6.30. The van der Waals surface area contributed by atoms with Crippen LogP contribution in [0.5, 0.6) is 0 Å².